The van der Waals surface area contributed by atoms with Crippen LogP contribution in [0.5, 0.6) is 0 Å². The Balaban J connectivity index is 1.92. The number of benzene rings is 2. The SMILES string of the molecule is CCc1ccc(Nc2ncc(C(F)(F)F)c(Nc3cccc(I)c3)n2)cc1. The van der Waals surface area contributed by atoms with Crippen LogP contribution in [0.3, 0.4) is 0 Å². The molecule has 0 bridgehead atoms. The number of rotatable bonds is 5. The summed E-state index contributed by atoms with van der Waals surface area (Å²) in [7, 11) is 0. The quantitative estimate of drug-likeness (QED) is 0.427. The Bertz CT molecular complexity index is 927. The number of aromatic nitrogens is 2. The van der Waals surface area contributed by atoms with Gasteiger partial charge in [-0.3, -0.25) is 0 Å². The van der Waals surface area contributed by atoms with E-state index in [1.807, 2.05) is 37.3 Å². The van der Waals surface area contributed by atoms with Gasteiger partial charge in [0, 0.05) is 21.1 Å². The molecule has 0 aliphatic heterocycles. The highest BCUT2D eigenvalue weighted by atomic mass is 127. The summed E-state index contributed by atoms with van der Waals surface area (Å²) in [6.07, 6.45) is -2.88. The second-order valence-corrected chi connectivity index (χ2v) is 7.01. The van der Waals surface area contributed by atoms with E-state index in [-0.39, 0.29) is 11.8 Å². The molecule has 0 spiro atoms. The van der Waals surface area contributed by atoms with Crippen molar-refractivity contribution in [3.63, 3.8) is 0 Å². The molecule has 0 fully saturated rings. The van der Waals surface area contributed by atoms with Gasteiger partial charge < -0.3 is 10.6 Å². The van der Waals surface area contributed by atoms with E-state index in [0.717, 1.165) is 21.8 Å². The Morgan fingerprint density at radius 3 is 2.37 bits per heavy atom. The fraction of sp³-hybridized carbons (Fsp3) is 0.158. The first-order valence-corrected chi connectivity index (χ1v) is 9.26. The molecule has 0 radical (unpaired) electrons. The first kappa shape index (κ1) is 19.4. The van der Waals surface area contributed by atoms with E-state index >= 15 is 0 Å². The van der Waals surface area contributed by atoms with E-state index in [4.69, 9.17) is 0 Å². The minimum Gasteiger partial charge on any atom is -0.340 e. The minimum atomic E-state index is -4.56. The number of nitrogens with zero attached hydrogens (tertiary/aromatic N) is 2. The van der Waals surface area contributed by atoms with Crippen molar-refractivity contribution in [2.75, 3.05) is 10.6 Å². The molecule has 2 N–H and O–H groups in total. The molecule has 3 aromatic rings. The summed E-state index contributed by atoms with van der Waals surface area (Å²) in [6, 6.07) is 14.6. The molecule has 4 nitrogen and oxygen atoms in total. The molecule has 27 heavy (non-hydrogen) atoms. The molecule has 2 aromatic carbocycles. The molecule has 0 saturated heterocycles. The average Bonchev–Trinajstić information content (AvgIpc) is 2.61. The van der Waals surface area contributed by atoms with E-state index < -0.39 is 11.7 Å². The van der Waals surface area contributed by atoms with Crippen LogP contribution in [0.25, 0.3) is 0 Å². The van der Waals surface area contributed by atoms with Crippen LogP contribution < -0.4 is 10.6 Å². The highest BCUT2D eigenvalue weighted by molar-refractivity contribution is 14.1. The monoisotopic (exact) mass is 484 g/mol. The minimum absolute atomic E-state index is 0.0837. The maximum Gasteiger partial charge on any atom is 0.421 e. The Labute approximate surface area is 168 Å². The van der Waals surface area contributed by atoms with Crippen LogP contribution in [0.1, 0.15) is 18.1 Å². The molecular formula is C19H16F3IN4. The van der Waals surface area contributed by atoms with E-state index in [1.54, 1.807) is 18.2 Å². The molecule has 0 saturated carbocycles. The van der Waals surface area contributed by atoms with Gasteiger partial charge in [0.05, 0.1) is 0 Å². The van der Waals surface area contributed by atoms with Crippen molar-refractivity contribution in [1.82, 2.24) is 9.97 Å². The Morgan fingerprint density at radius 2 is 1.74 bits per heavy atom. The molecule has 3 rings (SSSR count). The molecule has 0 unspecified atom stereocenters. The van der Waals surface area contributed by atoms with E-state index in [9.17, 15) is 13.2 Å². The van der Waals surface area contributed by atoms with Crippen LogP contribution >= 0.6 is 22.6 Å². The summed E-state index contributed by atoms with van der Waals surface area (Å²) in [5.74, 6) is -0.215. The van der Waals surface area contributed by atoms with Crippen LogP contribution in [0.2, 0.25) is 0 Å². The van der Waals surface area contributed by atoms with Gasteiger partial charge in [-0.25, -0.2) is 4.98 Å². The summed E-state index contributed by atoms with van der Waals surface area (Å²) >= 11 is 2.09. The van der Waals surface area contributed by atoms with Crippen molar-refractivity contribution in [3.05, 3.63) is 69.4 Å². The van der Waals surface area contributed by atoms with Crippen molar-refractivity contribution in [3.8, 4) is 0 Å². The zero-order valence-electron chi connectivity index (χ0n) is 14.3. The van der Waals surface area contributed by atoms with Crippen molar-refractivity contribution in [1.29, 1.82) is 0 Å². The van der Waals surface area contributed by atoms with Crippen LogP contribution in [-0.4, -0.2) is 9.97 Å². The maximum atomic E-state index is 13.3. The molecule has 1 heterocycles. The summed E-state index contributed by atoms with van der Waals surface area (Å²) in [5, 5.41) is 5.69. The number of hydrogen-bond donors (Lipinski definition) is 2. The van der Waals surface area contributed by atoms with E-state index in [1.165, 1.54) is 0 Å². The van der Waals surface area contributed by atoms with Gasteiger partial charge in [0.15, 0.2) is 0 Å². The van der Waals surface area contributed by atoms with Gasteiger partial charge in [0.25, 0.3) is 0 Å². The Morgan fingerprint density at radius 1 is 1.00 bits per heavy atom. The lowest BCUT2D eigenvalue weighted by Crippen LogP contribution is -2.12. The smallest absolute Gasteiger partial charge is 0.340 e. The third kappa shape index (κ3) is 5.09. The number of hydrogen-bond acceptors (Lipinski definition) is 4. The van der Waals surface area contributed by atoms with Crippen molar-refractivity contribution < 1.29 is 13.2 Å². The number of alkyl halides is 3. The highest BCUT2D eigenvalue weighted by Crippen LogP contribution is 2.35. The molecule has 0 atom stereocenters. The lowest BCUT2D eigenvalue weighted by molar-refractivity contribution is -0.137. The predicted molar refractivity (Wildman–Crippen MR) is 109 cm³/mol. The normalized spacial score (nSPS) is 11.3. The maximum absolute atomic E-state index is 13.3. The summed E-state index contributed by atoms with van der Waals surface area (Å²) in [6.45, 7) is 2.05. The second-order valence-electron chi connectivity index (χ2n) is 5.76. The second kappa shape index (κ2) is 8.12. The number of aryl methyl sites for hydroxylation is 1. The van der Waals surface area contributed by atoms with Gasteiger partial charge in [0.1, 0.15) is 11.4 Å². The van der Waals surface area contributed by atoms with Crippen LogP contribution in [-0.2, 0) is 12.6 Å². The highest BCUT2D eigenvalue weighted by Gasteiger charge is 2.35. The van der Waals surface area contributed by atoms with Gasteiger partial charge in [0.2, 0.25) is 5.95 Å². The largest absolute Gasteiger partial charge is 0.421 e. The molecule has 0 aliphatic rings. The summed E-state index contributed by atoms with van der Waals surface area (Å²) < 4.78 is 40.9. The van der Waals surface area contributed by atoms with Gasteiger partial charge in [-0.2, -0.15) is 18.2 Å². The first-order chi connectivity index (χ1) is 12.8. The van der Waals surface area contributed by atoms with Crippen LogP contribution in [0, 0.1) is 3.57 Å². The molecule has 140 valence electrons. The number of nitrogens with one attached hydrogen (secondary N) is 2. The first-order valence-electron chi connectivity index (χ1n) is 8.18. The molecule has 8 heteroatoms. The molecule has 0 amide bonds. The fourth-order valence-corrected chi connectivity index (χ4v) is 2.94. The average molecular weight is 484 g/mol. The standard InChI is InChI=1S/C19H16F3IN4/c1-2-12-6-8-14(9-7-12)26-18-24-11-16(19(20,21)22)17(27-18)25-15-5-3-4-13(23)10-15/h3-11H,2H2,1H3,(H2,24,25,26,27). The Hall–Kier alpha value is -2.36. The van der Waals surface area contributed by atoms with Gasteiger partial charge in [-0.05, 0) is 64.9 Å². The van der Waals surface area contributed by atoms with Crippen LogP contribution in [0.15, 0.2) is 54.7 Å². The zero-order valence-corrected chi connectivity index (χ0v) is 16.5. The zero-order chi connectivity index (χ0) is 19.4. The molecular weight excluding hydrogens is 468 g/mol. The van der Waals surface area contributed by atoms with Gasteiger partial charge in [-0.1, -0.05) is 25.1 Å². The van der Waals surface area contributed by atoms with Gasteiger partial charge >= 0.3 is 6.18 Å². The molecule has 0 aliphatic carbocycles. The fourth-order valence-electron chi connectivity index (χ4n) is 2.40. The predicted octanol–water partition coefficient (Wildman–Crippen LogP) is 6.15. The Kier molecular flexibility index (Phi) is 5.83. The van der Waals surface area contributed by atoms with E-state index in [2.05, 4.69) is 43.2 Å². The molecule has 1 aromatic heterocycles. The topological polar surface area (TPSA) is 49.8 Å². The van der Waals surface area contributed by atoms with Gasteiger partial charge in [-0.15, -0.1) is 0 Å². The third-order valence-corrected chi connectivity index (χ3v) is 4.47. The number of halogens is 4. The van der Waals surface area contributed by atoms with Crippen LogP contribution in [0.4, 0.5) is 36.3 Å². The van der Waals surface area contributed by atoms with Crippen molar-refractivity contribution in [2.24, 2.45) is 0 Å². The lowest BCUT2D eigenvalue weighted by atomic mass is 10.1. The van der Waals surface area contributed by atoms with Crippen molar-refractivity contribution >= 4 is 45.7 Å². The van der Waals surface area contributed by atoms with Crippen molar-refractivity contribution in [2.45, 2.75) is 19.5 Å². The summed E-state index contributed by atoms with van der Waals surface area (Å²) in [4.78, 5) is 7.87. The lowest BCUT2D eigenvalue weighted by Gasteiger charge is -2.15. The third-order valence-electron chi connectivity index (χ3n) is 3.80. The number of anilines is 4. The van der Waals surface area contributed by atoms with E-state index in [0.29, 0.717) is 11.4 Å². The summed E-state index contributed by atoms with van der Waals surface area (Å²) in [5.41, 5.74) is 1.46.